The molecule has 1 fully saturated rings. The summed E-state index contributed by atoms with van der Waals surface area (Å²) in [6, 6.07) is -0.248. The van der Waals surface area contributed by atoms with Gasteiger partial charge in [-0.2, -0.15) is 0 Å². The van der Waals surface area contributed by atoms with Gasteiger partial charge in [0.15, 0.2) is 0 Å². The van der Waals surface area contributed by atoms with Gasteiger partial charge in [0, 0.05) is 12.6 Å². The van der Waals surface area contributed by atoms with Crippen LogP contribution in [0, 0.1) is 5.92 Å². The number of likely N-dealkylation sites (tertiary alicyclic amines) is 1. The third-order valence-electron chi connectivity index (χ3n) is 2.89. The standard InChI is InChI=1S/C12H21NO4/c1-8(10(14)15)9-6-5-7-13(9)11(16)17-12(2,3)4/h8-9H,5-7H2,1-4H3,(H,14,15). The van der Waals surface area contributed by atoms with E-state index in [1.54, 1.807) is 32.6 Å². The van der Waals surface area contributed by atoms with E-state index < -0.39 is 23.6 Å². The Morgan fingerprint density at radius 2 is 2.00 bits per heavy atom. The van der Waals surface area contributed by atoms with Crippen LogP contribution in [0.25, 0.3) is 0 Å². The number of amides is 1. The number of ether oxygens (including phenoxy) is 1. The molecule has 0 saturated carbocycles. The van der Waals surface area contributed by atoms with Gasteiger partial charge in [-0.15, -0.1) is 0 Å². The first-order valence-corrected chi connectivity index (χ1v) is 5.95. The number of carboxylic acids is 1. The number of rotatable bonds is 2. The van der Waals surface area contributed by atoms with Crippen molar-refractivity contribution in [1.82, 2.24) is 4.90 Å². The molecule has 0 aromatic heterocycles. The summed E-state index contributed by atoms with van der Waals surface area (Å²) in [5.41, 5.74) is -0.545. The minimum atomic E-state index is -0.870. The van der Waals surface area contributed by atoms with Gasteiger partial charge in [-0.25, -0.2) is 4.79 Å². The van der Waals surface area contributed by atoms with Crippen molar-refractivity contribution >= 4 is 12.1 Å². The summed E-state index contributed by atoms with van der Waals surface area (Å²) < 4.78 is 5.28. The summed E-state index contributed by atoms with van der Waals surface area (Å²) in [4.78, 5) is 24.4. The molecule has 0 aromatic carbocycles. The molecule has 17 heavy (non-hydrogen) atoms. The Balaban J connectivity index is 2.69. The molecule has 1 saturated heterocycles. The molecule has 5 nitrogen and oxygen atoms in total. The van der Waals surface area contributed by atoms with Crippen LogP contribution in [0.1, 0.15) is 40.5 Å². The molecule has 2 unspecified atom stereocenters. The average Bonchev–Trinajstić information content (AvgIpc) is 2.61. The van der Waals surface area contributed by atoms with Gasteiger partial charge in [-0.05, 0) is 40.5 Å². The van der Waals surface area contributed by atoms with Gasteiger partial charge >= 0.3 is 12.1 Å². The highest BCUT2D eigenvalue weighted by Crippen LogP contribution is 2.26. The highest BCUT2D eigenvalue weighted by Gasteiger charge is 2.37. The second-order valence-electron chi connectivity index (χ2n) is 5.51. The van der Waals surface area contributed by atoms with Gasteiger partial charge in [0.25, 0.3) is 0 Å². The predicted octanol–water partition coefficient (Wildman–Crippen LogP) is 2.11. The Labute approximate surface area is 102 Å². The predicted molar refractivity (Wildman–Crippen MR) is 62.8 cm³/mol. The van der Waals surface area contributed by atoms with E-state index in [2.05, 4.69) is 0 Å². The van der Waals surface area contributed by atoms with Crippen LogP contribution in [0.5, 0.6) is 0 Å². The van der Waals surface area contributed by atoms with Gasteiger partial charge in [0.1, 0.15) is 5.60 Å². The van der Waals surface area contributed by atoms with Gasteiger partial charge < -0.3 is 14.7 Å². The van der Waals surface area contributed by atoms with Crippen LogP contribution in [0.2, 0.25) is 0 Å². The van der Waals surface area contributed by atoms with Crippen LogP contribution in [0.15, 0.2) is 0 Å². The fraction of sp³-hybridized carbons (Fsp3) is 0.833. The third-order valence-corrected chi connectivity index (χ3v) is 2.89. The lowest BCUT2D eigenvalue weighted by atomic mass is 10.0. The summed E-state index contributed by atoms with van der Waals surface area (Å²) in [5.74, 6) is -1.42. The zero-order valence-corrected chi connectivity index (χ0v) is 10.9. The van der Waals surface area contributed by atoms with Crippen molar-refractivity contribution in [1.29, 1.82) is 0 Å². The molecule has 0 aliphatic carbocycles. The average molecular weight is 243 g/mol. The van der Waals surface area contributed by atoms with E-state index in [0.29, 0.717) is 6.54 Å². The van der Waals surface area contributed by atoms with Gasteiger partial charge in [0.2, 0.25) is 0 Å². The third kappa shape index (κ3) is 3.61. The summed E-state index contributed by atoms with van der Waals surface area (Å²) in [6.07, 6.45) is 1.15. The van der Waals surface area contributed by atoms with Crippen LogP contribution >= 0.6 is 0 Å². The van der Waals surface area contributed by atoms with E-state index in [0.717, 1.165) is 12.8 Å². The number of carboxylic acid groups (broad SMARTS) is 1. The number of carbonyl (C=O) groups excluding carboxylic acids is 1. The van der Waals surface area contributed by atoms with Crippen LogP contribution < -0.4 is 0 Å². The normalized spacial score (nSPS) is 22.4. The van der Waals surface area contributed by atoms with E-state index in [-0.39, 0.29) is 6.04 Å². The molecule has 0 radical (unpaired) electrons. The highest BCUT2D eigenvalue weighted by molar-refractivity contribution is 5.73. The van der Waals surface area contributed by atoms with Crippen molar-refractivity contribution < 1.29 is 19.4 Å². The fourth-order valence-corrected chi connectivity index (χ4v) is 2.02. The lowest BCUT2D eigenvalue weighted by molar-refractivity contribution is -0.142. The summed E-state index contributed by atoms with van der Waals surface area (Å²) >= 11 is 0. The Kier molecular flexibility index (Phi) is 4.01. The minimum Gasteiger partial charge on any atom is -0.481 e. The van der Waals surface area contributed by atoms with E-state index in [1.807, 2.05) is 0 Å². The monoisotopic (exact) mass is 243 g/mol. The molecule has 1 amide bonds. The quantitative estimate of drug-likeness (QED) is 0.806. The summed E-state index contributed by atoms with van der Waals surface area (Å²) in [7, 11) is 0. The Morgan fingerprint density at radius 1 is 1.41 bits per heavy atom. The van der Waals surface area contributed by atoms with Crippen molar-refractivity contribution in [3.63, 3.8) is 0 Å². The zero-order chi connectivity index (χ0) is 13.2. The molecular weight excluding hydrogens is 222 g/mol. The second-order valence-corrected chi connectivity index (χ2v) is 5.51. The SMILES string of the molecule is CC(C(=O)O)C1CCCN1C(=O)OC(C)(C)C. The smallest absolute Gasteiger partial charge is 0.410 e. The maximum absolute atomic E-state index is 11.9. The molecule has 0 bridgehead atoms. The number of nitrogens with zero attached hydrogens (tertiary/aromatic N) is 1. The van der Waals surface area contributed by atoms with Crippen LogP contribution in [0.4, 0.5) is 4.79 Å². The number of hydrogen-bond donors (Lipinski definition) is 1. The van der Waals surface area contributed by atoms with Crippen molar-refractivity contribution in [3.05, 3.63) is 0 Å². The number of hydrogen-bond acceptors (Lipinski definition) is 3. The van der Waals surface area contributed by atoms with Crippen molar-refractivity contribution in [2.45, 2.75) is 52.2 Å². The van der Waals surface area contributed by atoms with E-state index >= 15 is 0 Å². The minimum absolute atomic E-state index is 0.248. The molecule has 1 aliphatic rings. The molecule has 1 rings (SSSR count). The molecule has 1 heterocycles. The van der Waals surface area contributed by atoms with Gasteiger partial charge in [-0.1, -0.05) is 0 Å². The Hall–Kier alpha value is -1.26. The topological polar surface area (TPSA) is 66.8 Å². The molecule has 98 valence electrons. The van der Waals surface area contributed by atoms with Crippen LogP contribution in [0.3, 0.4) is 0 Å². The molecule has 1 aliphatic heterocycles. The fourth-order valence-electron chi connectivity index (χ4n) is 2.02. The Bertz CT molecular complexity index is 308. The first-order valence-electron chi connectivity index (χ1n) is 5.95. The van der Waals surface area contributed by atoms with Crippen LogP contribution in [-0.2, 0) is 9.53 Å². The molecule has 1 N–H and O–H groups in total. The van der Waals surface area contributed by atoms with Gasteiger partial charge in [-0.3, -0.25) is 4.79 Å². The molecule has 0 spiro atoms. The molecule has 0 aromatic rings. The molecule has 2 atom stereocenters. The largest absolute Gasteiger partial charge is 0.481 e. The van der Waals surface area contributed by atoms with Gasteiger partial charge in [0.05, 0.1) is 5.92 Å². The van der Waals surface area contributed by atoms with Crippen molar-refractivity contribution in [3.8, 4) is 0 Å². The molecule has 5 heteroatoms. The van der Waals surface area contributed by atoms with E-state index in [9.17, 15) is 9.59 Å². The maximum Gasteiger partial charge on any atom is 0.410 e. The van der Waals surface area contributed by atoms with Crippen molar-refractivity contribution in [2.75, 3.05) is 6.54 Å². The Morgan fingerprint density at radius 3 is 2.47 bits per heavy atom. The maximum atomic E-state index is 11.9. The lowest BCUT2D eigenvalue weighted by Gasteiger charge is -2.30. The first-order chi connectivity index (χ1) is 7.72. The summed E-state index contributed by atoms with van der Waals surface area (Å²) in [6.45, 7) is 7.62. The van der Waals surface area contributed by atoms with E-state index in [4.69, 9.17) is 9.84 Å². The number of carbonyl (C=O) groups is 2. The number of aliphatic carboxylic acids is 1. The first kappa shape index (κ1) is 13.8. The molecular formula is C12H21NO4. The summed E-state index contributed by atoms with van der Waals surface area (Å²) in [5, 5.41) is 9.00. The second kappa shape index (κ2) is 4.94. The van der Waals surface area contributed by atoms with E-state index in [1.165, 1.54) is 0 Å². The highest BCUT2D eigenvalue weighted by atomic mass is 16.6. The van der Waals surface area contributed by atoms with Crippen LogP contribution in [-0.4, -0.2) is 40.3 Å². The van der Waals surface area contributed by atoms with Crippen molar-refractivity contribution in [2.24, 2.45) is 5.92 Å². The lowest BCUT2D eigenvalue weighted by Crippen LogP contribution is -2.44. The zero-order valence-electron chi connectivity index (χ0n) is 10.9.